The number of hydrogen-bond acceptors (Lipinski definition) is 9. The molecule has 10 nitrogen and oxygen atoms in total. The summed E-state index contributed by atoms with van der Waals surface area (Å²) in [6.07, 6.45) is 4.20. The van der Waals surface area contributed by atoms with Crippen molar-refractivity contribution >= 4 is 41.1 Å². The van der Waals surface area contributed by atoms with Gasteiger partial charge in [-0.3, -0.25) is 9.69 Å². The van der Waals surface area contributed by atoms with E-state index in [1.165, 1.54) is 18.5 Å². The number of halogens is 3. The molecule has 1 amide bonds. The first-order chi connectivity index (χ1) is 21.6. The molecule has 6 rings (SSSR count). The zero-order valence-corrected chi connectivity index (χ0v) is 25.8. The Morgan fingerprint density at radius 3 is 2.67 bits per heavy atom. The summed E-state index contributed by atoms with van der Waals surface area (Å²) in [7, 11) is 0. The maximum absolute atomic E-state index is 13.1. The molecule has 4 heterocycles. The Kier molecular flexibility index (Phi) is 8.64. The van der Waals surface area contributed by atoms with E-state index >= 15 is 0 Å². The van der Waals surface area contributed by atoms with E-state index in [4.69, 9.17) is 22.1 Å². The fourth-order valence-electron chi connectivity index (χ4n) is 6.60. The lowest BCUT2D eigenvalue weighted by Crippen LogP contribution is -2.60. The largest absolute Gasteiger partial charge is 0.382 e. The molecule has 3 atom stereocenters. The second-order valence-electron chi connectivity index (χ2n) is 12.4. The quantitative estimate of drug-likeness (QED) is 0.291. The number of amidine groups is 1. The van der Waals surface area contributed by atoms with Gasteiger partial charge in [0.15, 0.2) is 0 Å². The van der Waals surface area contributed by atoms with E-state index < -0.39 is 12.3 Å². The molecular formula is C32H36ClF2N7O3. The second-order valence-corrected chi connectivity index (χ2v) is 12.8. The smallest absolute Gasteiger partial charge is 0.264 e. The van der Waals surface area contributed by atoms with E-state index in [0.29, 0.717) is 41.3 Å². The molecule has 1 aliphatic carbocycles. The van der Waals surface area contributed by atoms with Crippen LogP contribution < -0.4 is 16.4 Å². The van der Waals surface area contributed by atoms with E-state index in [1.807, 2.05) is 11.8 Å². The fraction of sp³-hybridized carbons (Fsp3) is 0.438. The number of carbonyl (C=O) groups excluding carboxylic acids is 2. The van der Waals surface area contributed by atoms with Crippen LogP contribution in [0.3, 0.4) is 0 Å². The van der Waals surface area contributed by atoms with E-state index in [2.05, 4.69) is 32.4 Å². The molecule has 1 saturated carbocycles. The van der Waals surface area contributed by atoms with Gasteiger partial charge in [0.1, 0.15) is 41.1 Å². The Balaban J connectivity index is 1.20. The summed E-state index contributed by atoms with van der Waals surface area (Å²) >= 11 is 6.73. The number of aliphatic imine (C=N–C) groups is 1. The average Bonchev–Trinajstić information content (AvgIpc) is 3.46. The summed E-state index contributed by atoms with van der Waals surface area (Å²) in [5.74, 6) is -0.155. The number of anilines is 1. The first kappa shape index (κ1) is 31.1. The molecule has 2 aromatic rings. The monoisotopic (exact) mass is 639 g/mol. The number of rotatable bonds is 7. The maximum atomic E-state index is 13.1. The summed E-state index contributed by atoms with van der Waals surface area (Å²) < 4.78 is 32.5. The van der Waals surface area contributed by atoms with Gasteiger partial charge in [-0.2, -0.15) is 0 Å². The number of alkyl halides is 2. The number of fused-ring (bicyclic) bond motifs is 1. The lowest BCUT2D eigenvalue weighted by atomic mass is 9.74. The van der Waals surface area contributed by atoms with Crippen LogP contribution in [0.1, 0.15) is 67.4 Å². The Morgan fingerprint density at radius 2 is 1.98 bits per heavy atom. The molecule has 1 saturated heterocycles. The molecule has 45 heavy (non-hydrogen) atoms. The lowest BCUT2D eigenvalue weighted by molar-refractivity contribution is -0.121. The summed E-state index contributed by atoms with van der Waals surface area (Å²) in [6.45, 7) is 5.43. The predicted molar refractivity (Wildman–Crippen MR) is 167 cm³/mol. The minimum absolute atomic E-state index is 0.0391. The van der Waals surface area contributed by atoms with E-state index in [1.54, 1.807) is 24.3 Å². The van der Waals surface area contributed by atoms with Crippen LogP contribution in [0.15, 0.2) is 64.6 Å². The molecule has 238 valence electrons. The van der Waals surface area contributed by atoms with Crippen LogP contribution in [-0.4, -0.2) is 70.3 Å². The van der Waals surface area contributed by atoms with Crippen LogP contribution in [0.2, 0.25) is 0 Å². The van der Waals surface area contributed by atoms with Crippen LogP contribution in [0.5, 0.6) is 0 Å². The fourth-order valence-corrected chi connectivity index (χ4v) is 6.83. The molecular weight excluding hydrogens is 604 g/mol. The number of nitrogens with one attached hydrogen (secondary N) is 2. The van der Waals surface area contributed by atoms with Crippen LogP contribution in [0, 0.1) is 5.41 Å². The average molecular weight is 640 g/mol. The minimum atomic E-state index is -2.67. The highest BCUT2D eigenvalue weighted by molar-refractivity contribution is 6.30. The number of aromatic nitrogens is 1. The number of nitrogens with zero attached hydrogens (tertiary/aromatic N) is 4. The van der Waals surface area contributed by atoms with Crippen molar-refractivity contribution in [3.05, 3.63) is 76.3 Å². The zero-order valence-electron chi connectivity index (χ0n) is 25.1. The summed E-state index contributed by atoms with van der Waals surface area (Å²) in [6, 6.07) is 9.76. The lowest BCUT2D eigenvalue weighted by Gasteiger charge is -2.48. The van der Waals surface area contributed by atoms with Gasteiger partial charge in [0.25, 0.3) is 12.3 Å². The van der Waals surface area contributed by atoms with Gasteiger partial charge < -0.3 is 30.8 Å². The maximum Gasteiger partial charge on any atom is 0.264 e. The van der Waals surface area contributed by atoms with Crippen molar-refractivity contribution in [1.29, 1.82) is 0 Å². The van der Waals surface area contributed by atoms with Crippen LogP contribution in [0.4, 0.5) is 14.6 Å². The van der Waals surface area contributed by atoms with Crippen molar-refractivity contribution in [1.82, 2.24) is 20.1 Å². The third-order valence-corrected chi connectivity index (χ3v) is 9.54. The Bertz CT molecular complexity index is 1560. The number of amides is 1. The highest BCUT2D eigenvalue weighted by atomic mass is 35.5. The molecule has 4 N–H and O–H groups in total. The van der Waals surface area contributed by atoms with Gasteiger partial charge in [0, 0.05) is 41.4 Å². The molecule has 2 fully saturated rings. The number of aldehydes is 1. The molecule has 13 heteroatoms. The van der Waals surface area contributed by atoms with Gasteiger partial charge in [0.2, 0.25) is 0 Å². The van der Waals surface area contributed by atoms with Gasteiger partial charge in [0.05, 0.1) is 18.5 Å². The molecule has 3 aliphatic heterocycles. The SMILES string of the molecule is C[C@H]1COC(C2NC(c3ccc(C(=O)Nc4cc(C(F)F)ccn4)cc3)=C3C(N)=NC=C(Cl)N32)CN1C1CCC(C)(C=O)CC1. The number of hydrogen-bond donors (Lipinski definition) is 3. The molecule has 4 aliphatic rings. The third-order valence-electron chi connectivity index (χ3n) is 9.26. The van der Waals surface area contributed by atoms with Gasteiger partial charge in [-0.05, 0) is 62.4 Å². The van der Waals surface area contributed by atoms with Gasteiger partial charge in [-0.25, -0.2) is 18.8 Å². The predicted octanol–water partition coefficient (Wildman–Crippen LogP) is 4.82. The van der Waals surface area contributed by atoms with E-state index in [0.717, 1.165) is 43.6 Å². The molecule has 0 spiro atoms. The number of ether oxygens (including phenoxy) is 1. The molecule has 0 bridgehead atoms. The van der Waals surface area contributed by atoms with E-state index in [9.17, 15) is 18.4 Å². The number of pyridine rings is 1. The molecule has 0 radical (unpaired) electrons. The zero-order chi connectivity index (χ0) is 31.9. The topological polar surface area (TPSA) is 125 Å². The van der Waals surface area contributed by atoms with Crippen molar-refractivity contribution in [2.24, 2.45) is 16.1 Å². The highest BCUT2D eigenvalue weighted by Gasteiger charge is 2.46. The third kappa shape index (κ3) is 6.18. The Labute approximate surface area is 265 Å². The van der Waals surface area contributed by atoms with Crippen molar-refractivity contribution in [3.8, 4) is 0 Å². The first-order valence-corrected chi connectivity index (χ1v) is 15.4. The van der Waals surface area contributed by atoms with Gasteiger partial charge in [-0.15, -0.1) is 0 Å². The molecule has 1 aromatic heterocycles. The summed E-state index contributed by atoms with van der Waals surface area (Å²) in [5.41, 5.74) is 8.31. The van der Waals surface area contributed by atoms with Crippen LogP contribution >= 0.6 is 11.6 Å². The normalized spacial score (nSPS) is 28.7. The first-order valence-electron chi connectivity index (χ1n) is 15.1. The molecule has 1 aromatic carbocycles. The van der Waals surface area contributed by atoms with E-state index in [-0.39, 0.29) is 40.9 Å². The minimum Gasteiger partial charge on any atom is -0.382 e. The van der Waals surface area contributed by atoms with Gasteiger partial charge in [-0.1, -0.05) is 30.7 Å². The summed E-state index contributed by atoms with van der Waals surface area (Å²) in [5, 5.41) is 6.55. The van der Waals surface area contributed by atoms with Crippen molar-refractivity contribution < 1.29 is 23.1 Å². The molecule has 2 unspecified atom stereocenters. The second kappa shape index (κ2) is 12.5. The Hall–Kier alpha value is -3.87. The van der Waals surface area contributed by atoms with Gasteiger partial charge >= 0.3 is 0 Å². The number of benzene rings is 1. The number of nitrogens with two attached hydrogens (primary N) is 1. The standard InChI is InChI=1S/C32H36ClF2N7O3/c1-18-16-45-23(15-41(18)22-7-10-32(2,17-43)11-8-22)30-40-26(27-29(36)38-14-24(33)42(27)30)19-3-5-20(6-4-19)31(44)39-25-13-21(28(34)35)9-12-37-25/h3-6,9,12-14,17-18,22-23,28,30,40H,7-8,10-11,15-16H2,1-2H3,(H2,36,38)(H,37,39,44)/t18-,22?,23?,30?,32?/m0/s1. The van der Waals surface area contributed by atoms with Crippen molar-refractivity contribution in [2.45, 2.75) is 70.3 Å². The van der Waals surface area contributed by atoms with Crippen LogP contribution in [-0.2, 0) is 9.53 Å². The van der Waals surface area contributed by atoms with Crippen molar-refractivity contribution in [2.75, 3.05) is 18.5 Å². The summed E-state index contributed by atoms with van der Waals surface area (Å²) in [4.78, 5) is 37.2. The number of carbonyl (C=O) groups is 2. The highest BCUT2D eigenvalue weighted by Crippen LogP contribution is 2.40. The Morgan fingerprint density at radius 1 is 1.24 bits per heavy atom. The number of morpholine rings is 1. The van der Waals surface area contributed by atoms with Crippen LogP contribution in [0.25, 0.3) is 5.70 Å². The van der Waals surface area contributed by atoms with Crippen molar-refractivity contribution in [3.63, 3.8) is 0 Å².